The number of alkyl halides is 5. The van der Waals surface area contributed by atoms with Crippen molar-refractivity contribution >= 4 is 28.9 Å². The number of anilines is 2. The predicted molar refractivity (Wildman–Crippen MR) is 167 cm³/mol. The van der Waals surface area contributed by atoms with Gasteiger partial charge in [0.15, 0.2) is 0 Å². The van der Waals surface area contributed by atoms with Gasteiger partial charge in [0, 0.05) is 67.8 Å². The molecular formula is C33H37ClF5N5O2. The Kier molecular flexibility index (Phi) is 9.48. The number of hydrogen-bond donors (Lipinski definition) is 0. The first-order chi connectivity index (χ1) is 22.0. The molecule has 1 aromatic heterocycles. The molecule has 2 saturated heterocycles. The molecule has 0 N–H and O–H groups in total. The summed E-state index contributed by atoms with van der Waals surface area (Å²) in [7, 11) is 0. The summed E-state index contributed by atoms with van der Waals surface area (Å²) in [5, 5.41) is 4.77. The summed E-state index contributed by atoms with van der Waals surface area (Å²) >= 11 is 6.45. The Morgan fingerprint density at radius 3 is 2.43 bits per heavy atom. The summed E-state index contributed by atoms with van der Waals surface area (Å²) in [6, 6.07) is 13.5. The van der Waals surface area contributed by atoms with Gasteiger partial charge < -0.3 is 14.5 Å². The molecule has 6 rings (SSSR count). The van der Waals surface area contributed by atoms with Crippen LogP contribution < -0.4 is 9.80 Å². The first-order valence-electron chi connectivity index (χ1n) is 15.7. The predicted octanol–water partition coefficient (Wildman–Crippen LogP) is 7.48. The van der Waals surface area contributed by atoms with Gasteiger partial charge in [-0.2, -0.15) is 18.3 Å². The van der Waals surface area contributed by atoms with E-state index in [9.17, 15) is 26.7 Å². The van der Waals surface area contributed by atoms with Crippen LogP contribution in [-0.4, -0.2) is 79.2 Å². The van der Waals surface area contributed by atoms with Crippen LogP contribution in [0, 0.1) is 11.8 Å². The van der Waals surface area contributed by atoms with Crippen molar-refractivity contribution < 1.29 is 31.5 Å². The summed E-state index contributed by atoms with van der Waals surface area (Å²) in [6.07, 6.45) is -4.20. The quantitative estimate of drug-likeness (QED) is 0.175. The van der Waals surface area contributed by atoms with E-state index in [4.69, 9.17) is 16.3 Å². The molecule has 0 bridgehead atoms. The summed E-state index contributed by atoms with van der Waals surface area (Å²) in [5.74, 6) is -2.23. The number of piperazine rings is 1. The SMILES string of the molecule is CCOC(=O)c1cnn(C2CCCN(c3cc(Cl)ccc3-c3ccc(N4CCN(C[C@@H]5C[C@@H]5C(F)(F)F)CC4)cc3)C2)c1C(F)F. The molecule has 1 saturated carbocycles. The van der Waals surface area contributed by atoms with Crippen molar-refractivity contribution in [2.24, 2.45) is 11.8 Å². The lowest BCUT2D eigenvalue weighted by Gasteiger charge is -2.37. The van der Waals surface area contributed by atoms with E-state index in [0.717, 1.165) is 55.1 Å². The zero-order chi connectivity index (χ0) is 32.6. The highest BCUT2D eigenvalue weighted by atomic mass is 35.5. The zero-order valence-corrected chi connectivity index (χ0v) is 26.3. The van der Waals surface area contributed by atoms with Crippen LogP contribution in [0.15, 0.2) is 48.7 Å². The standard InChI is InChI=1S/C33H37ClF5N5O2/c1-2-46-32(45)27-18-40-44(30(27)31(35)36)25-4-3-11-43(20-25)29-17-23(34)7-10-26(29)21-5-8-24(9-6-21)42-14-12-41(13-15-42)19-22-16-28(22)33(37,38)39/h5-10,17-18,22,25,28,31H,2-4,11-16,19-20H2,1H3/t22-,25?,28-/m0/s1. The van der Waals surface area contributed by atoms with Crippen LogP contribution in [0.4, 0.5) is 33.3 Å². The molecule has 3 aliphatic rings. The smallest absolute Gasteiger partial charge is 0.392 e. The molecule has 1 unspecified atom stereocenters. The minimum Gasteiger partial charge on any atom is -0.462 e. The highest BCUT2D eigenvalue weighted by Crippen LogP contribution is 2.50. The maximum atomic E-state index is 14.2. The fourth-order valence-electron chi connectivity index (χ4n) is 6.85. The molecule has 0 spiro atoms. The second kappa shape index (κ2) is 13.4. The average molecular weight is 666 g/mol. The van der Waals surface area contributed by atoms with Gasteiger partial charge >= 0.3 is 12.1 Å². The van der Waals surface area contributed by atoms with Crippen molar-refractivity contribution in [3.63, 3.8) is 0 Å². The molecule has 46 heavy (non-hydrogen) atoms. The second-order valence-electron chi connectivity index (χ2n) is 12.3. The fourth-order valence-corrected chi connectivity index (χ4v) is 7.02. The molecule has 248 valence electrons. The summed E-state index contributed by atoms with van der Waals surface area (Å²) < 4.78 is 73.4. The maximum Gasteiger partial charge on any atom is 0.392 e. The minimum atomic E-state index is -4.08. The molecule has 3 aromatic rings. The molecule has 0 radical (unpaired) electrons. The van der Waals surface area contributed by atoms with Crippen LogP contribution >= 0.6 is 11.6 Å². The molecule has 3 fully saturated rings. The molecule has 2 aliphatic heterocycles. The number of ether oxygens (including phenoxy) is 1. The number of nitrogens with zero attached hydrogens (tertiary/aromatic N) is 5. The Balaban J connectivity index is 1.15. The molecule has 13 heteroatoms. The number of esters is 1. The number of benzene rings is 2. The molecule has 1 aliphatic carbocycles. The van der Waals surface area contributed by atoms with Crippen LogP contribution in [0.3, 0.4) is 0 Å². The van der Waals surface area contributed by atoms with Gasteiger partial charge in [-0.3, -0.25) is 9.58 Å². The van der Waals surface area contributed by atoms with Crippen LogP contribution in [-0.2, 0) is 4.74 Å². The number of halogens is 6. The van der Waals surface area contributed by atoms with Crippen molar-refractivity contribution in [1.29, 1.82) is 0 Å². The van der Waals surface area contributed by atoms with Gasteiger partial charge in [-0.25, -0.2) is 13.6 Å². The van der Waals surface area contributed by atoms with E-state index >= 15 is 0 Å². The van der Waals surface area contributed by atoms with Crippen LogP contribution in [0.5, 0.6) is 0 Å². The third-order valence-electron chi connectivity index (χ3n) is 9.33. The Hall–Kier alpha value is -3.38. The van der Waals surface area contributed by atoms with Crippen molar-refractivity contribution in [3.8, 4) is 11.1 Å². The van der Waals surface area contributed by atoms with E-state index in [-0.39, 0.29) is 30.6 Å². The van der Waals surface area contributed by atoms with Crippen LogP contribution in [0.1, 0.15) is 54.7 Å². The molecule has 3 atom stereocenters. The van der Waals surface area contributed by atoms with Crippen molar-refractivity contribution in [3.05, 3.63) is 64.9 Å². The normalized spacial score (nSPS) is 22.4. The van der Waals surface area contributed by atoms with E-state index in [2.05, 4.69) is 31.9 Å². The van der Waals surface area contributed by atoms with E-state index in [1.807, 2.05) is 30.3 Å². The summed E-state index contributed by atoms with van der Waals surface area (Å²) in [4.78, 5) is 18.9. The van der Waals surface area contributed by atoms with Gasteiger partial charge in [0.05, 0.1) is 24.8 Å². The number of carbonyl (C=O) groups excluding carboxylic acids is 1. The van der Waals surface area contributed by atoms with Crippen LogP contribution in [0.2, 0.25) is 5.02 Å². The highest BCUT2D eigenvalue weighted by Gasteiger charge is 2.55. The van der Waals surface area contributed by atoms with Gasteiger partial charge in [0.25, 0.3) is 6.43 Å². The first kappa shape index (κ1) is 32.6. The van der Waals surface area contributed by atoms with E-state index in [0.29, 0.717) is 31.1 Å². The van der Waals surface area contributed by atoms with E-state index < -0.39 is 30.2 Å². The third-order valence-corrected chi connectivity index (χ3v) is 9.57. The molecule has 3 heterocycles. The van der Waals surface area contributed by atoms with E-state index in [1.165, 1.54) is 10.9 Å². The molecular weight excluding hydrogens is 629 g/mol. The van der Waals surface area contributed by atoms with Gasteiger partial charge in [0.1, 0.15) is 11.3 Å². The Morgan fingerprint density at radius 2 is 1.78 bits per heavy atom. The van der Waals surface area contributed by atoms with Gasteiger partial charge in [-0.1, -0.05) is 29.8 Å². The Labute approximate surface area is 269 Å². The minimum absolute atomic E-state index is 0.0775. The van der Waals surface area contributed by atoms with Crippen LogP contribution in [0.25, 0.3) is 11.1 Å². The highest BCUT2D eigenvalue weighted by molar-refractivity contribution is 6.31. The lowest BCUT2D eigenvalue weighted by Crippen LogP contribution is -2.47. The number of carbonyl (C=O) groups is 1. The van der Waals surface area contributed by atoms with Gasteiger partial charge in [0.2, 0.25) is 0 Å². The van der Waals surface area contributed by atoms with Crippen molar-refractivity contribution in [2.45, 2.75) is 44.8 Å². The van der Waals surface area contributed by atoms with E-state index in [1.54, 1.807) is 6.92 Å². The molecule has 2 aromatic carbocycles. The topological polar surface area (TPSA) is 53.8 Å². The van der Waals surface area contributed by atoms with Gasteiger partial charge in [-0.05, 0) is 61.9 Å². The first-order valence-corrected chi connectivity index (χ1v) is 16.1. The molecule has 0 amide bonds. The monoisotopic (exact) mass is 665 g/mol. The molecule has 7 nitrogen and oxygen atoms in total. The lowest BCUT2D eigenvalue weighted by molar-refractivity contribution is -0.151. The summed E-state index contributed by atoms with van der Waals surface area (Å²) in [5.41, 5.74) is 3.22. The fraction of sp³-hybridized carbons (Fsp3) is 0.515. The number of aromatic nitrogens is 2. The average Bonchev–Trinajstić information content (AvgIpc) is 3.68. The second-order valence-corrected chi connectivity index (χ2v) is 12.7. The van der Waals surface area contributed by atoms with Crippen molar-refractivity contribution in [1.82, 2.24) is 14.7 Å². The lowest BCUT2D eigenvalue weighted by atomic mass is 9.99. The zero-order valence-electron chi connectivity index (χ0n) is 25.5. The number of piperidine rings is 1. The Bertz CT molecular complexity index is 1520. The Morgan fingerprint density at radius 1 is 1.04 bits per heavy atom. The van der Waals surface area contributed by atoms with Crippen molar-refractivity contribution in [2.75, 3.05) is 62.2 Å². The third kappa shape index (κ3) is 6.97. The largest absolute Gasteiger partial charge is 0.462 e. The number of rotatable bonds is 9. The summed E-state index contributed by atoms with van der Waals surface area (Å²) in [6.45, 7) is 6.26. The number of hydrogen-bond acceptors (Lipinski definition) is 6. The maximum absolute atomic E-state index is 14.2. The van der Waals surface area contributed by atoms with Gasteiger partial charge in [-0.15, -0.1) is 0 Å².